The van der Waals surface area contributed by atoms with Crippen molar-refractivity contribution in [1.29, 1.82) is 0 Å². The Bertz CT molecular complexity index is 1000. The molecule has 0 atom stereocenters. The van der Waals surface area contributed by atoms with Crippen molar-refractivity contribution in [3.63, 3.8) is 0 Å². The molecule has 0 saturated carbocycles. The lowest BCUT2D eigenvalue weighted by Gasteiger charge is -2.09. The average molecular weight is 335 g/mol. The highest BCUT2D eigenvalue weighted by molar-refractivity contribution is 5.71. The van der Waals surface area contributed by atoms with Gasteiger partial charge in [0, 0.05) is 37.9 Å². The van der Waals surface area contributed by atoms with Gasteiger partial charge in [-0.15, -0.1) is 0 Å². The summed E-state index contributed by atoms with van der Waals surface area (Å²) in [7, 11) is 1.94. The summed E-state index contributed by atoms with van der Waals surface area (Å²) in [5, 5.41) is 4.55. The van der Waals surface area contributed by atoms with Crippen molar-refractivity contribution in [2.45, 2.75) is 33.4 Å². The van der Waals surface area contributed by atoms with Gasteiger partial charge in [-0.2, -0.15) is 5.10 Å². The quantitative estimate of drug-likeness (QED) is 0.562. The van der Waals surface area contributed by atoms with E-state index in [4.69, 9.17) is 4.98 Å². The third-order valence-electron chi connectivity index (χ3n) is 4.40. The molecule has 0 aliphatic rings. The van der Waals surface area contributed by atoms with Gasteiger partial charge in [-0.3, -0.25) is 4.68 Å². The molecule has 0 spiro atoms. The molecule has 0 saturated heterocycles. The normalized spacial score (nSPS) is 11.5. The van der Waals surface area contributed by atoms with Crippen LogP contribution in [0.1, 0.15) is 24.9 Å². The summed E-state index contributed by atoms with van der Waals surface area (Å²) >= 11 is 0. The molecule has 4 aromatic heterocycles. The van der Waals surface area contributed by atoms with Crippen LogP contribution in [0.5, 0.6) is 0 Å². The summed E-state index contributed by atoms with van der Waals surface area (Å²) in [6.07, 6.45) is 6.64. The molecule has 0 unspecified atom stereocenters. The van der Waals surface area contributed by atoms with Crippen LogP contribution in [-0.4, -0.2) is 33.9 Å². The molecule has 128 valence electrons. The van der Waals surface area contributed by atoms with Gasteiger partial charge in [-0.25, -0.2) is 15.0 Å². The van der Waals surface area contributed by atoms with Gasteiger partial charge in [0.25, 0.3) is 0 Å². The molecule has 0 aliphatic carbocycles. The number of imidazole rings is 2. The molecule has 4 rings (SSSR count). The molecule has 0 N–H and O–H groups in total. The first-order valence-corrected chi connectivity index (χ1v) is 8.49. The number of fused-ring (bicyclic) bond motifs is 1. The Morgan fingerprint density at radius 2 is 2.04 bits per heavy atom. The SMILES string of the molecule is CCCn1c(Cn2ccnc2-c2cc(C)n(C)n2)nc2cccnc21. The fourth-order valence-electron chi connectivity index (χ4n) is 3.08. The van der Waals surface area contributed by atoms with Crippen molar-refractivity contribution in [1.82, 2.24) is 33.9 Å². The number of aromatic nitrogens is 7. The van der Waals surface area contributed by atoms with Crippen LogP contribution < -0.4 is 0 Å². The van der Waals surface area contributed by atoms with E-state index in [2.05, 4.69) is 37.2 Å². The molecular weight excluding hydrogens is 314 g/mol. The van der Waals surface area contributed by atoms with E-state index < -0.39 is 0 Å². The maximum absolute atomic E-state index is 4.79. The standard InChI is InChI=1S/C18H21N7/c1-4-9-25-16(21-14-6-5-7-19-18(14)25)12-24-10-8-20-17(24)15-11-13(2)23(3)22-15/h5-8,10-11H,4,9,12H2,1-3H3. The average Bonchev–Trinajstić information content (AvgIpc) is 3.28. The van der Waals surface area contributed by atoms with E-state index in [9.17, 15) is 0 Å². The highest BCUT2D eigenvalue weighted by atomic mass is 15.3. The number of nitrogens with zero attached hydrogens (tertiary/aromatic N) is 7. The summed E-state index contributed by atoms with van der Waals surface area (Å²) < 4.78 is 6.16. The molecule has 7 nitrogen and oxygen atoms in total. The van der Waals surface area contributed by atoms with Crippen molar-refractivity contribution in [3.05, 3.63) is 48.3 Å². The first kappa shape index (κ1) is 15.6. The van der Waals surface area contributed by atoms with Crippen molar-refractivity contribution < 1.29 is 0 Å². The molecule has 0 aliphatic heterocycles. The maximum atomic E-state index is 4.79. The smallest absolute Gasteiger partial charge is 0.160 e. The zero-order valence-corrected chi connectivity index (χ0v) is 14.7. The highest BCUT2D eigenvalue weighted by Gasteiger charge is 2.15. The molecule has 4 aromatic rings. The van der Waals surface area contributed by atoms with E-state index >= 15 is 0 Å². The van der Waals surface area contributed by atoms with Gasteiger partial charge in [0.05, 0.1) is 6.54 Å². The number of hydrogen-bond donors (Lipinski definition) is 0. The second kappa shape index (κ2) is 6.16. The van der Waals surface area contributed by atoms with Gasteiger partial charge < -0.3 is 9.13 Å². The largest absolute Gasteiger partial charge is 0.322 e. The minimum absolute atomic E-state index is 0.640. The number of rotatable bonds is 5. The Morgan fingerprint density at radius 1 is 1.16 bits per heavy atom. The zero-order chi connectivity index (χ0) is 17.4. The minimum Gasteiger partial charge on any atom is -0.322 e. The lowest BCUT2D eigenvalue weighted by Crippen LogP contribution is -2.10. The predicted molar refractivity (Wildman–Crippen MR) is 96.1 cm³/mol. The molecule has 25 heavy (non-hydrogen) atoms. The van der Waals surface area contributed by atoms with E-state index in [-0.39, 0.29) is 0 Å². The van der Waals surface area contributed by atoms with E-state index in [1.807, 2.05) is 49.4 Å². The zero-order valence-electron chi connectivity index (χ0n) is 14.7. The third-order valence-corrected chi connectivity index (χ3v) is 4.40. The van der Waals surface area contributed by atoms with Crippen LogP contribution in [0.25, 0.3) is 22.7 Å². The second-order valence-corrected chi connectivity index (χ2v) is 6.20. The second-order valence-electron chi connectivity index (χ2n) is 6.20. The fourth-order valence-corrected chi connectivity index (χ4v) is 3.08. The fraction of sp³-hybridized carbons (Fsp3) is 0.333. The van der Waals surface area contributed by atoms with Gasteiger partial charge in [0.1, 0.15) is 17.0 Å². The Balaban J connectivity index is 1.75. The highest BCUT2D eigenvalue weighted by Crippen LogP contribution is 2.20. The predicted octanol–water partition coefficient (Wildman–Crippen LogP) is 2.80. The monoisotopic (exact) mass is 335 g/mol. The number of hydrogen-bond acceptors (Lipinski definition) is 4. The Kier molecular flexibility index (Phi) is 3.83. The van der Waals surface area contributed by atoms with E-state index in [0.29, 0.717) is 6.54 Å². The van der Waals surface area contributed by atoms with Crippen molar-refractivity contribution >= 4 is 11.2 Å². The topological polar surface area (TPSA) is 66.3 Å². The molecule has 4 heterocycles. The lowest BCUT2D eigenvalue weighted by atomic mass is 10.3. The van der Waals surface area contributed by atoms with Crippen LogP contribution in [0.4, 0.5) is 0 Å². The lowest BCUT2D eigenvalue weighted by molar-refractivity contribution is 0.623. The van der Waals surface area contributed by atoms with Gasteiger partial charge in [-0.1, -0.05) is 6.92 Å². The van der Waals surface area contributed by atoms with Gasteiger partial charge in [0.2, 0.25) is 0 Å². The summed E-state index contributed by atoms with van der Waals surface area (Å²) in [6, 6.07) is 5.99. The summed E-state index contributed by atoms with van der Waals surface area (Å²) in [5.41, 5.74) is 3.85. The Hall–Kier alpha value is -2.96. The Labute approximate surface area is 146 Å². The minimum atomic E-state index is 0.640. The van der Waals surface area contributed by atoms with Crippen molar-refractivity contribution in [2.24, 2.45) is 7.05 Å². The molecular formula is C18H21N7. The van der Waals surface area contributed by atoms with Crippen LogP contribution >= 0.6 is 0 Å². The summed E-state index contributed by atoms with van der Waals surface area (Å²) in [5.74, 6) is 1.84. The molecule has 0 amide bonds. The first-order valence-electron chi connectivity index (χ1n) is 8.49. The molecule has 0 fully saturated rings. The van der Waals surface area contributed by atoms with E-state index in [0.717, 1.165) is 47.2 Å². The number of aryl methyl sites for hydroxylation is 3. The van der Waals surface area contributed by atoms with Crippen LogP contribution in [0.15, 0.2) is 36.8 Å². The molecule has 7 heteroatoms. The Morgan fingerprint density at radius 3 is 2.80 bits per heavy atom. The van der Waals surface area contributed by atoms with E-state index in [1.165, 1.54) is 0 Å². The van der Waals surface area contributed by atoms with Crippen LogP contribution in [0.3, 0.4) is 0 Å². The van der Waals surface area contributed by atoms with Crippen molar-refractivity contribution in [3.8, 4) is 11.5 Å². The first-order chi connectivity index (χ1) is 12.2. The molecule has 0 aromatic carbocycles. The van der Waals surface area contributed by atoms with Crippen molar-refractivity contribution in [2.75, 3.05) is 0 Å². The van der Waals surface area contributed by atoms with Gasteiger partial charge in [0.15, 0.2) is 11.5 Å². The molecule has 0 radical (unpaired) electrons. The van der Waals surface area contributed by atoms with E-state index in [1.54, 1.807) is 0 Å². The van der Waals surface area contributed by atoms with Gasteiger partial charge in [-0.05, 0) is 31.5 Å². The van der Waals surface area contributed by atoms with Crippen LogP contribution in [-0.2, 0) is 20.1 Å². The summed E-state index contributed by atoms with van der Waals surface area (Å²) in [4.78, 5) is 13.8. The van der Waals surface area contributed by atoms with Gasteiger partial charge >= 0.3 is 0 Å². The summed E-state index contributed by atoms with van der Waals surface area (Å²) in [6.45, 7) is 5.74. The van der Waals surface area contributed by atoms with Crippen LogP contribution in [0.2, 0.25) is 0 Å². The third kappa shape index (κ3) is 2.71. The maximum Gasteiger partial charge on any atom is 0.160 e. The van der Waals surface area contributed by atoms with Crippen LogP contribution in [0, 0.1) is 6.92 Å². The molecule has 0 bridgehead atoms. The number of pyridine rings is 1.